The third-order valence-electron chi connectivity index (χ3n) is 3.99. The minimum absolute atomic E-state index is 0.329. The monoisotopic (exact) mass is 282 g/mol. The Morgan fingerprint density at radius 2 is 1.95 bits per heavy atom. The fourth-order valence-corrected chi connectivity index (χ4v) is 2.84. The van der Waals surface area contributed by atoms with Crippen molar-refractivity contribution >= 4 is 11.7 Å². The first-order valence-corrected chi connectivity index (χ1v) is 7.04. The van der Waals surface area contributed by atoms with Gasteiger partial charge in [0.25, 0.3) is 0 Å². The van der Waals surface area contributed by atoms with Gasteiger partial charge < -0.3 is 10.8 Å². The number of benzene rings is 2. The molecule has 0 spiro atoms. The molecule has 3 rings (SSSR count). The van der Waals surface area contributed by atoms with Gasteiger partial charge in [0.05, 0.1) is 5.56 Å². The molecule has 4 heteroatoms. The maximum absolute atomic E-state index is 10.8. The Labute approximate surface area is 123 Å². The third-order valence-corrected chi connectivity index (χ3v) is 3.99. The van der Waals surface area contributed by atoms with Gasteiger partial charge in [0.15, 0.2) is 0 Å². The van der Waals surface area contributed by atoms with Crippen LogP contribution >= 0.6 is 0 Å². The molecule has 1 heterocycles. The van der Waals surface area contributed by atoms with Gasteiger partial charge in [0.2, 0.25) is 0 Å². The van der Waals surface area contributed by atoms with E-state index in [1.54, 1.807) is 12.1 Å². The molecule has 2 aromatic carbocycles. The van der Waals surface area contributed by atoms with Crippen LogP contribution < -0.4 is 5.73 Å². The molecule has 0 saturated carbocycles. The fourth-order valence-electron chi connectivity index (χ4n) is 2.84. The zero-order valence-electron chi connectivity index (χ0n) is 11.7. The van der Waals surface area contributed by atoms with Crippen LogP contribution in [0.5, 0.6) is 0 Å². The lowest BCUT2D eigenvalue weighted by Crippen LogP contribution is -2.30. The van der Waals surface area contributed by atoms with Gasteiger partial charge in [-0.25, -0.2) is 4.79 Å². The van der Waals surface area contributed by atoms with Crippen LogP contribution in [0.3, 0.4) is 0 Å². The lowest BCUT2D eigenvalue weighted by Gasteiger charge is -2.29. The number of aromatic carboxylic acids is 1. The first kappa shape index (κ1) is 13.6. The quantitative estimate of drug-likeness (QED) is 0.849. The Hall–Kier alpha value is -2.33. The lowest BCUT2D eigenvalue weighted by molar-refractivity contribution is 0.0697. The van der Waals surface area contributed by atoms with E-state index in [0.717, 1.165) is 37.3 Å². The number of fused-ring (bicyclic) bond motifs is 1. The van der Waals surface area contributed by atoms with E-state index >= 15 is 0 Å². The summed E-state index contributed by atoms with van der Waals surface area (Å²) >= 11 is 0. The first-order valence-electron chi connectivity index (χ1n) is 7.04. The molecule has 21 heavy (non-hydrogen) atoms. The molecule has 0 atom stereocenters. The van der Waals surface area contributed by atoms with Crippen molar-refractivity contribution in [2.45, 2.75) is 19.5 Å². The van der Waals surface area contributed by atoms with Gasteiger partial charge in [-0.3, -0.25) is 4.90 Å². The topological polar surface area (TPSA) is 66.6 Å². The number of nitrogens with two attached hydrogens (primary N) is 1. The highest BCUT2D eigenvalue weighted by Crippen LogP contribution is 2.25. The second-order valence-corrected chi connectivity index (χ2v) is 5.45. The van der Waals surface area contributed by atoms with E-state index in [0.29, 0.717) is 5.56 Å². The number of carbonyl (C=O) groups is 1. The Morgan fingerprint density at radius 3 is 2.67 bits per heavy atom. The van der Waals surface area contributed by atoms with E-state index in [9.17, 15) is 4.79 Å². The zero-order chi connectivity index (χ0) is 14.8. The smallest absolute Gasteiger partial charge is 0.335 e. The molecule has 0 radical (unpaired) electrons. The molecule has 0 aliphatic carbocycles. The molecular weight excluding hydrogens is 264 g/mol. The van der Waals surface area contributed by atoms with Crippen molar-refractivity contribution < 1.29 is 9.90 Å². The van der Waals surface area contributed by atoms with Crippen molar-refractivity contribution in [3.05, 3.63) is 64.7 Å². The SMILES string of the molecule is Nc1cccc2c1CCN(Cc1ccc(C(=O)O)cc1)C2. The summed E-state index contributed by atoms with van der Waals surface area (Å²) in [6.45, 7) is 2.69. The lowest BCUT2D eigenvalue weighted by atomic mass is 9.97. The predicted octanol–water partition coefficient (Wildman–Crippen LogP) is 2.53. The van der Waals surface area contributed by atoms with E-state index in [2.05, 4.69) is 11.0 Å². The molecule has 0 aromatic heterocycles. The molecule has 1 aliphatic heterocycles. The van der Waals surface area contributed by atoms with Gasteiger partial charge in [-0.1, -0.05) is 24.3 Å². The van der Waals surface area contributed by atoms with Crippen LogP contribution in [0.15, 0.2) is 42.5 Å². The summed E-state index contributed by atoms with van der Waals surface area (Å²) in [7, 11) is 0. The average Bonchev–Trinajstić information content (AvgIpc) is 2.48. The summed E-state index contributed by atoms with van der Waals surface area (Å²) in [4.78, 5) is 13.2. The van der Waals surface area contributed by atoms with Crippen molar-refractivity contribution in [2.75, 3.05) is 12.3 Å². The molecule has 108 valence electrons. The van der Waals surface area contributed by atoms with Gasteiger partial charge in [0, 0.05) is 25.3 Å². The Balaban J connectivity index is 1.71. The Kier molecular flexibility index (Phi) is 3.62. The number of nitrogens with zero attached hydrogens (tertiary/aromatic N) is 1. The summed E-state index contributed by atoms with van der Waals surface area (Å²) in [6.07, 6.45) is 0.967. The highest BCUT2D eigenvalue weighted by molar-refractivity contribution is 5.87. The summed E-state index contributed by atoms with van der Waals surface area (Å²) in [5.41, 5.74) is 10.9. The molecule has 4 nitrogen and oxygen atoms in total. The van der Waals surface area contributed by atoms with Gasteiger partial charge in [-0.05, 0) is 41.3 Å². The van der Waals surface area contributed by atoms with Crippen molar-refractivity contribution in [3.8, 4) is 0 Å². The van der Waals surface area contributed by atoms with E-state index in [1.807, 2.05) is 24.3 Å². The first-order chi connectivity index (χ1) is 10.1. The largest absolute Gasteiger partial charge is 0.478 e. The minimum atomic E-state index is -0.885. The number of carboxylic acids is 1. The van der Waals surface area contributed by atoms with Gasteiger partial charge in [-0.15, -0.1) is 0 Å². The number of hydrogen-bond acceptors (Lipinski definition) is 3. The van der Waals surface area contributed by atoms with Crippen LogP contribution in [0.25, 0.3) is 0 Å². The summed E-state index contributed by atoms with van der Waals surface area (Å²) in [6, 6.07) is 13.2. The molecule has 3 N–H and O–H groups in total. The van der Waals surface area contributed by atoms with Crippen LogP contribution in [0.1, 0.15) is 27.0 Å². The number of rotatable bonds is 3. The van der Waals surface area contributed by atoms with Gasteiger partial charge >= 0.3 is 5.97 Å². The van der Waals surface area contributed by atoms with E-state index < -0.39 is 5.97 Å². The van der Waals surface area contributed by atoms with E-state index in [-0.39, 0.29) is 0 Å². The van der Waals surface area contributed by atoms with Crippen LogP contribution in [0.4, 0.5) is 5.69 Å². The summed E-state index contributed by atoms with van der Waals surface area (Å²) in [5, 5.41) is 8.91. The van der Waals surface area contributed by atoms with Crippen molar-refractivity contribution in [1.29, 1.82) is 0 Å². The molecule has 0 saturated heterocycles. The Morgan fingerprint density at radius 1 is 1.19 bits per heavy atom. The summed E-state index contributed by atoms with van der Waals surface area (Å²) < 4.78 is 0. The molecule has 1 aliphatic rings. The zero-order valence-corrected chi connectivity index (χ0v) is 11.7. The second kappa shape index (κ2) is 5.58. The number of nitrogen functional groups attached to an aromatic ring is 1. The van der Waals surface area contributed by atoms with Crippen molar-refractivity contribution in [1.82, 2.24) is 4.90 Å². The molecule has 2 aromatic rings. The maximum atomic E-state index is 10.8. The van der Waals surface area contributed by atoms with Crippen LogP contribution in [-0.2, 0) is 19.5 Å². The van der Waals surface area contributed by atoms with E-state index in [4.69, 9.17) is 10.8 Å². The molecular formula is C17H18N2O2. The average molecular weight is 282 g/mol. The van der Waals surface area contributed by atoms with Crippen LogP contribution in [0, 0.1) is 0 Å². The second-order valence-electron chi connectivity index (χ2n) is 5.45. The molecule has 0 amide bonds. The van der Waals surface area contributed by atoms with Gasteiger partial charge in [-0.2, -0.15) is 0 Å². The third kappa shape index (κ3) is 2.90. The standard InChI is InChI=1S/C17H18N2O2/c18-16-3-1-2-14-11-19(9-8-15(14)16)10-12-4-6-13(7-5-12)17(20)21/h1-7H,8-11,18H2,(H,20,21). The van der Waals surface area contributed by atoms with Crippen LogP contribution in [-0.4, -0.2) is 22.5 Å². The van der Waals surface area contributed by atoms with Crippen molar-refractivity contribution in [3.63, 3.8) is 0 Å². The number of anilines is 1. The normalized spacial score (nSPS) is 14.7. The highest BCUT2D eigenvalue weighted by Gasteiger charge is 2.17. The molecule has 0 bridgehead atoms. The van der Waals surface area contributed by atoms with Crippen LogP contribution in [0.2, 0.25) is 0 Å². The van der Waals surface area contributed by atoms with Gasteiger partial charge in [0.1, 0.15) is 0 Å². The van der Waals surface area contributed by atoms with Crippen molar-refractivity contribution in [2.24, 2.45) is 0 Å². The van der Waals surface area contributed by atoms with E-state index in [1.165, 1.54) is 11.1 Å². The minimum Gasteiger partial charge on any atom is -0.478 e. The maximum Gasteiger partial charge on any atom is 0.335 e. The molecule has 0 fully saturated rings. The number of carboxylic acid groups (broad SMARTS) is 1. The number of hydrogen-bond donors (Lipinski definition) is 2. The Bertz CT molecular complexity index is 665. The summed E-state index contributed by atoms with van der Waals surface area (Å²) in [5.74, 6) is -0.885. The molecule has 0 unspecified atom stereocenters. The fraction of sp³-hybridized carbons (Fsp3) is 0.235. The highest BCUT2D eigenvalue weighted by atomic mass is 16.4. The predicted molar refractivity (Wildman–Crippen MR) is 82.1 cm³/mol.